The largest absolute Gasteiger partial charge is 0.275 e. The van der Waals surface area contributed by atoms with Crippen LogP contribution in [0.1, 0.15) is 59.1 Å². The predicted octanol–water partition coefficient (Wildman–Crippen LogP) is 4.90. The molecule has 4 heteroatoms. The minimum absolute atomic E-state index is 0.336. The van der Waals surface area contributed by atoms with Crippen molar-refractivity contribution in [2.45, 2.75) is 51.9 Å². The maximum absolute atomic E-state index is 11.7. The average Bonchev–Trinajstić information content (AvgIpc) is 2.80. The molecule has 0 N–H and O–H groups in total. The molecule has 0 bridgehead atoms. The van der Waals surface area contributed by atoms with E-state index in [1.807, 2.05) is 0 Å². The van der Waals surface area contributed by atoms with Crippen LogP contribution in [-0.2, 0) is 19.3 Å². The van der Waals surface area contributed by atoms with Crippen LogP contribution in [0.15, 0.2) is 6.07 Å². The lowest BCUT2D eigenvalue weighted by Gasteiger charge is -2.14. The van der Waals surface area contributed by atoms with Crippen molar-refractivity contribution < 1.29 is 4.79 Å². The molecule has 2 aromatic rings. The summed E-state index contributed by atoms with van der Waals surface area (Å²) in [5, 5.41) is 0.824. The SMILES string of the molecule is CCCCc1c(C(=O)Cl)sc2nc3c(cc12)CCCC3. The minimum Gasteiger partial charge on any atom is -0.275 e. The van der Waals surface area contributed by atoms with Crippen LogP contribution in [0.5, 0.6) is 0 Å². The highest BCUT2D eigenvalue weighted by atomic mass is 35.5. The first-order valence-electron chi connectivity index (χ1n) is 7.34. The molecule has 2 heterocycles. The summed E-state index contributed by atoms with van der Waals surface area (Å²) >= 11 is 7.22. The highest BCUT2D eigenvalue weighted by Gasteiger charge is 2.20. The van der Waals surface area contributed by atoms with Gasteiger partial charge in [0.05, 0.1) is 4.88 Å². The van der Waals surface area contributed by atoms with Gasteiger partial charge in [-0.2, -0.15) is 0 Å². The molecule has 0 radical (unpaired) electrons. The Labute approximate surface area is 128 Å². The minimum atomic E-state index is -0.336. The van der Waals surface area contributed by atoms with Crippen LogP contribution in [0.4, 0.5) is 0 Å². The fraction of sp³-hybridized carbons (Fsp3) is 0.500. The van der Waals surface area contributed by atoms with E-state index >= 15 is 0 Å². The molecule has 20 heavy (non-hydrogen) atoms. The zero-order valence-electron chi connectivity index (χ0n) is 11.7. The number of aromatic nitrogens is 1. The van der Waals surface area contributed by atoms with Crippen molar-refractivity contribution in [1.82, 2.24) is 4.98 Å². The average molecular weight is 308 g/mol. The summed E-state index contributed by atoms with van der Waals surface area (Å²) in [6.07, 6.45) is 7.77. The molecule has 2 aromatic heterocycles. The van der Waals surface area contributed by atoms with Gasteiger partial charge in [-0.05, 0) is 67.3 Å². The van der Waals surface area contributed by atoms with Gasteiger partial charge in [0.1, 0.15) is 4.83 Å². The van der Waals surface area contributed by atoms with Gasteiger partial charge < -0.3 is 0 Å². The number of fused-ring (bicyclic) bond motifs is 2. The lowest BCUT2D eigenvalue weighted by molar-refractivity contribution is 0.108. The molecule has 0 unspecified atom stereocenters. The van der Waals surface area contributed by atoms with Gasteiger partial charge in [-0.25, -0.2) is 4.98 Å². The number of aryl methyl sites for hydroxylation is 3. The molecule has 106 valence electrons. The zero-order valence-corrected chi connectivity index (χ0v) is 13.2. The van der Waals surface area contributed by atoms with Gasteiger partial charge in [0, 0.05) is 11.1 Å². The molecule has 0 saturated carbocycles. The van der Waals surface area contributed by atoms with Crippen molar-refractivity contribution >= 4 is 38.4 Å². The molecule has 2 nitrogen and oxygen atoms in total. The Kier molecular flexibility index (Phi) is 4.08. The summed E-state index contributed by atoms with van der Waals surface area (Å²) in [7, 11) is 0. The number of unbranched alkanes of at least 4 members (excludes halogenated alkanes) is 1. The number of hydrogen-bond donors (Lipinski definition) is 0. The smallest absolute Gasteiger partial charge is 0.262 e. The van der Waals surface area contributed by atoms with E-state index < -0.39 is 0 Å². The van der Waals surface area contributed by atoms with Gasteiger partial charge in [-0.15, -0.1) is 11.3 Å². The van der Waals surface area contributed by atoms with E-state index in [0.29, 0.717) is 4.88 Å². The Balaban J connectivity index is 2.16. The van der Waals surface area contributed by atoms with E-state index in [1.165, 1.54) is 35.4 Å². The van der Waals surface area contributed by atoms with Crippen LogP contribution >= 0.6 is 22.9 Å². The molecule has 0 atom stereocenters. The van der Waals surface area contributed by atoms with Crippen molar-refractivity contribution in [2.75, 3.05) is 0 Å². The Morgan fingerprint density at radius 1 is 1.40 bits per heavy atom. The Bertz CT molecular complexity index is 662. The quantitative estimate of drug-likeness (QED) is 0.752. The van der Waals surface area contributed by atoms with E-state index in [-0.39, 0.29) is 5.24 Å². The molecule has 3 rings (SSSR count). The van der Waals surface area contributed by atoms with Crippen molar-refractivity contribution in [2.24, 2.45) is 0 Å². The topological polar surface area (TPSA) is 30.0 Å². The summed E-state index contributed by atoms with van der Waals surface area (Å²) in [5.74, 6) is 0. The molecule has 0 fully saturated rings. The summed E-state index contributed by atoms with van der Waals surface area (Å²) in [5.41, 5.74) is 3.71. The normalized spacial score (nSPS) is 14.5. The van der Waals surface area contributed by atoms with Crippen molar-refractivity contribution in [3.8, 4) is 0 Å². The summed E-state index contributed by atoms with van der Waals surface area (Å²) in [6, 6.07) is 2.27. The zero-order chi connectivity index (χ0) is 14.1. The second-order valence-electron chi connectivity index (χ2n) is 5.44. The molecule has 1 aliphatic carbocycles. The lowest BCUT2D eigenvalue weighted by atomic mass is 9.94. The molecule has 0 spiro atoms. The fourth-order valence-electron chi connectivity index (χ4n) is 2.95. The molecule has 1 aliphatic rings. The van der Waals surface area contributed by atoms with E-state index in [2.05, 4.69) is 13.0 Å². The highest BCUT2D eigenvalue weighted by Crippen LogP contribution is 2.35. The second-order valence-corrected chi connectivity index (χ2v) is 6.78. The molecule has 0 aliphatic heterocycles. The van der Waals surface area contributed by atoms with E-state index in [9.17, 15) is 4.79 Å². The van der Waals surface area contributed by atoms with Crippen LogP contribution in [0.3, 0.4) is 0 Å². The first kappa shape index (κ1) is 14.0. The van der Waals surface area contributed by atoms with Crippen LogP contribution in [0.2, 0.25) is 0 Å². The summed E-state index contributed by atoms with van der Waals surface area (Å²) in [6.45, 7) is 2.16. The number of rotatable bonds is 4. The van der Waals surface area contributed by atoms with Crippen LogP contribution in [-0.4, -0.2) is 10.2 Å². The second kappa shape index (κ2) is 5.82. The van der Waals surface area contributed by atoms with Crippen molar-refractivity contribution in [1.29, 1.82) is 0 Å². The van der Waals surface area contributed by atoms with Gasteiger partial charge in [0.25, 0.3) is 5.24 Å². The Morgan fingerprint density at radius 3 is 2.95 bits per heavy atom. The fourth-order valence-corrected chi connectivity index (χ4v) is 4.24. The standard InChI is InChI=1S/C16H18ClNOS/c1-2-3-7-11-12-9-10-6-4-5-8-13(10)18-16(12)20-14(11)15(17)19/h9H,2-8H2,1H3. The number of carbonyl (C=O) groups is 1. The third-order valence-corrected chi connectivity index (χ3v) is 5.46. The van der Waals surface area contributed by atoms with Gasteiger partial charge in [0.15, 0.2) is 0 Å². The number of carbonyl (C=O) groups excluding carboxylic acids is 1. The number of thiophene rings is 1. The highest BCUT2D eigenvalue weighted by molar-refractivity contribution is 7.22. The van der Waals surface area contributed by atoms with Gasteiger partial charge >= 0.3 is 0 Å². The molecule has 0 amide bonds. The molecule has 0 saturated heterocycles. The van der Waals surface area contributed by atoms with Crippen LogP contribution in [0.25, 0.3) is 10.2 Å². The van der Waals surface area contributed by atoms with Crippen molar-refractivity contribution in [3.63, 3.8) is 0 Å². The molecular weight excluding hydrogens is 290 g/mol. The number of pyridine rings is 1. The van der Waals surface area contributed by atoms with E-state index in [1.54, 1.807) is 0 Å². The third-order valence-electron chi connectivity index (χ3n) is 4.02. The predicted molar refractivity (Wildman–Crippen MR) is 85.1 cm³/mol. The monoisotopic (exact) mass is 307 g/mol. The Hall–Kier alpha value is -0.930. The van der Waals surface area contributed by atoms with E-state index in [0.717, 1.165) is 47.9 Å². The van der Waals surface area contributed by atoms with E-state index in [4.69, 9.17) is 16.6 Å². The van der Waals surface area contributed by atoms with Gasteiger partial charge in [0.2, 0.25) is 0 Å². The summed E-state index contributed by atoms with van der Waals surface area (Å²) < 4.78 is 0. The maximum atomic E-state index is 11.7. The number of hydrogen-bond acceptors (Lipinski definition) is 3. The third kappa shape index (κ3) is 2.49. The number of halogens is 1. The maximum Gasteiger partial charge on any atom is 0.262 e. The van der Waals surface area contributed by atoms with Crippen LogP contribution < -0.4 is 0 Å². The molecule has 0 aromatic carbocycles. The van der Waals surface area contributed by atoms with Crippen molar-refractivity contribution in [3.05, 3.63) is 27.8 Å². The van der Waals surface area contributed by atoms with Gasteiger partial charge in [-0.1, -0.05) is 13.3 Å². The molecular formula is C16H18ClNOS. The Morgan fingerprint density at radius 2 is 2.20 bits per heavy atom. The number of nitrogens with zero attached hydrogens (tertiary/aromatic N) is 1. The lowest BCUT2D eigenvalue weighted by Crippen LogP contribution is -2.04. The first-order chi connectivity index (χ1) is 9.70. The van der Waals surface area contributed by atoms with Gasteiger partial charge in [-0.3, -0.25) is 4.79 Å². The first-order valence-corrected chi connectivity index (χ1v) is 8.54. The van der Waals surface area contributed by atoms with Crippen LogP contribution in [0, 0.1) is 0 Å². The summed E-state index contributed by atoms with van der Waals surface area (Å²) in [4.78, 5) is 18.1.